The largest absolute Gasteiger partial charge is 0.481 e. The normalized spacial score (nSPS) is 23.6. The highest BCUT2D eigenvalue weighted by Crippen LogP contribution is 2.55. The second-order valence-corrected chi connectivity index (χ2v) is 28.0. The van der Waals surface area contributed by atoms with Crippen LogP contribution in [0.3, 0.4) is 0 Å². The molecule has 1 unspecified atom stereocenters. The molecule has 12 aromatic heterocycles. The number of aromatic nitrogens is 15. The van der Waals surface area contributed by atoms with Gasteiger partial charge < -0.3 is 43.6 Å². The molecule has 0 amide bonds. The van der Waals surface area contributed by atoms with Crippen molar-refractivity contribution in [1.82, 2.24) is 73.5 Å². The van der Waals surface area contributed by atoms with Gasteiger partial charge >= 0.3 is 17.9 Å². The van der Waals surface area contributed by atoms with Gasteiger partial charge in [0.15, 0.2) is 34.9 Å². The molecule has 21 nitrogen and oxygen atoms in total. The summed E-state index contributed by atoms with van der Waals surface area (Å²) >= 11 is 18.6. The van der Waals surface area contributed by atoms with Crippen molar-refractivity contribution >= 4 is 143 Å². The van der Waals surface area contributed by atoms with Crippen LogP contribution in [0.1, 0.15) is 124 Å². The van der Waals surface area contributed by atoms with Crippen molar-refractivity contribution in [2.45, 2.75) is 124 Å². The van der Waals surface area contributed by atoms with E-state index in [1.54, 1.807) is 64.5 Å². The fraction of sp³-hybridized carbons (Fsp3) is 0.417. The van der Waals surface area contributed by atoms with E-state index in [0.29, 0.717) is 100 Å². The van der Waals surface area contributed by atoms with Gasteiger partial charge in [0, 0.05) is 126 Å². The summed E-state index contributed by atoms with van der Waals surface area (Å²) in [5.41, 5.74) is 5.48. The fourth-order valence-electron chi connectivity index (χ4n) is 17.3. The van der Waals surface area contributed by atoms with Crippen LogP contribution in [0.15, 0.2) is 92.6 Å². The second kappa shape index (κ2) is 30.5. The molecule has 9 aliphatic rings. The van der Waals surface area contributed by atoms with Crippen LogP contribution in [0.25, 0.3) is 100 Å². The Hall–Kier alpha value is -8.43. The highest BCUT2D eigenvalue weighted by molar-refractivity contribution is 7.93. The minimum absolute atomic E-state index is 0. The predicted molar refractivity (Wildman–Crippen MR) is 391 cm³/mol. The van der Waals surface area contributed by atoms with Gasteiger partial charge in [0.2, 0.25) is 0 Å². The first-order valence-electron chi connectivity index (χ1n) is 32.7. The Bertz CT molecular complexity index is 4870. The van der Waals surface area contributed by atoms with Gasteiger partial charge in [0.05, 0.1) is 73.7 Å². The molecule has 538 valence electrons. The average Bonchev–Trinajstić information content (AvgIpc) is 1.53. The first-order valence-corrected chi connectivity index (χ1v) is 35.0. The summed E-state index contributed by atoms with van der Waals surface area (Å²) in [4.78, 5) is 86.7. The molecule has 9 saturated carbocycles. The average molecular weight is 1500 g/mol. The number of aliphatic carboxylic acids is 2. The molecule has 9 aliphatic carbocycles. The van der Waals surface area contributed by atoms with Crippen LogP contribution < -0.4 is 0 Å². The van der Waals surface area contributed by atoms with Crippen LogP contribution in [0.5, 0.6) is 0 Å². The molecular weight excluding hydrogens is 1420 g/mol. The standard InChI is InChI=1S/C24H23ClFN5O2.2C22H19ClFN5O2.CH3FS.3CH4.ClH/c1-2-33-24(32)19-12-3-5-13(6-4-12)20(19)31-11-18(26)17-10-29-22(30-23(17)31)16-9-28-21-15(16)7-14(25)8-27-21;2*23-12-5-13-14(7-26-19(13)25-6-12)20-27-8-15-16(24)9-29(21(15)28-20)18-11-3-1-10(2-4-11)17(18)22(30)31;1-3-2;;;;/h7-13,19-20H,2-6H2,1H3,(H,27,28);2*5-11,17-18H,1-4H2,(H,25,26)(H,30,31);1H3;3*1H4;1H/t12?,13?,19-,20-;10?,11?,17-,18?;10?,11?,17-,18-;;;;;/m000...../s1. The minimum Gasteiger partial charge on any atom is -0.481 e. The van der Waals surface area contributed by atoms with Crippen molar-refractivity contribution < 1.29 is 46.4 Å². The Morgan fingerprint density at radius 2 is 0.755 bits per heavy atom. The summed E-state index contributed by atoms with van der Waals surface area (Å²) in [6.45, 7) is 2.16. The molecule has 5 N–H and O–H groups in total. The maximum atomic E-state index is 15.0. The summed E-state index contributed by atoms with van der Waals surface area (Å²) < 4.78 is 65.7. The van der Waals surface area contributed by atoms with Gasteiger partial charge in [-0.1, -0.05) is 57.1 Å². The Morgan fingerprint density at radius 1 is 0.480 bits per heavy atom. The van der Waals surface area contributed by atoms with Crippen LogP contribution in [-0.2, 0) is 19.1 Å². The van der Waals surface area contributed by atoms with E-state index < -0.39 is 35.4 Å². The maximum Gasteiger partial charge on any atom is 0.311 e. The quantitative estimate of drug-likeness (QED) is 0.0628. The smallest absolute Gasteiger partial charge is 0.311 e. The number of H-pyrrole nitrogens is 3. The monoisotopic (exact) mass is 1500 g/mol. The zero-order valence-corrected chi connectivity index (χ0v) is 57.0. The van der Waals surface area contributed by atoms with Gasteiger partial charge in [-0.05, 0) is 138 Å². The number of carboxylic acid groups (broad SMARTS) is 2. The highest BCUT2D eigenvalue weighted by Gasteiger charge is 2.52. The highest BCUT2D eigenvalue weighted by atomic mass is 35.5. The topological polar surface area (TPSA) is 279 Å². The number of aromatic amines is 3. The van der Waals surface area contributed by atoms with Gasteiger partial charge in [-0.15, -0.1) is 12.4 Å². The number of hydrogen-bond acceptors (Lipinski definition) is 14. The lowest BCUT2D eigenvalue weighted by molar-refractivity contribution is -0.157. The van der Waals surface area contributed by atoms with Crippen molar-refractivity contribution in [2.24, 2.45) is 53.3 Å². The number of nitrogens with one attached hydrogen (secondary N) is 3. The molecule has 6 atom stereocenters. The van der Waals surface area contributed by atoms with Crippen LogP contribution in [-0.4, -0.2) is 114 Å². The first kappa shape index (κ1) is 74.7. The van der Waals surface area contributed by atoms with Crippen LogP contribution in [0.2, 0.25) is 15.1 Å². The van der Waals surface area contributed by atoms with Gasteiger partial charge in [0.25, 0.3) is 0 Å². The molecule has 6 bridgehead atoms. The number of carbonyl (C=O) groups excluding carboxylic acids is 1. The predicted octanol–water partition coefficient (Wildman–Crippen LogP) is 18.5. The van der Waals surface area contributed by atoms with Gasteiger partial charge in [-0.2, -0.15) is 3.89 Å². The number of rotatable bonds is 10. The first-order chi connectivity index (χ1) is 47.5. The molecule has 30 heteroatoms. The lowest BCUT2D eigenvalue weighted by atomic mass is 9.61. The van der Waals surface area contributed by atoms with E-state index in [-0.39, 0.29) is 118 Å². The van der Waals surface area contributed by atoms with Crippen molar-refractivity contribution in [3.8, 4) is 34.2 Å². The van der Waals surface area contributed by atoms with E-state index in [9.17, 15) is 37.3 Å². The van der Waals surface area contributed by atoms with Crippen molar-refractivity contribution in [3.05, 3.63) is 125 Å². The van der Waals surface area contributed by atoms with E-state index in [2.05, 4.69) is 44.9 Å². The van der Waals surface area contributed by atoms with E-state index in [4.69, 9.17) is 54.5 Å². The molecule has 0 aromatic carbocycles. The number of pyridine rings is 3. The van der Waals surface area contributed by atoms with Gasteiger partial charge in [0.1, 0.15) is 33.9 Å². The fourth-order valence-corrected chi connectivity index (χ4v) is 17.7. The van der Waals surface area contributed by atoms with Crippen LogP contribution >= 0.6 is 59.4 Å². The Kier molecular flexibility index (Phi) is 22.3. The molecule has 12 heterocycles. The molecule has 0 aliphatic heterocycles. The van der Waals surface area contributed by atoms with Crippen LogP contribution in [0, 0.1) is 70.7 Å². The van der Waals surface area contributed by atoms with E-state index in [0.717, 1.165) is 98.8 Å². The van der Waals surface area contributed by atoms with Gasteiger partial charge in [-0.25, -0.2) is 58.0 Å². The Labute approximate surface area is 609 Å². The number of carbonyl (C=O) groups is 3. The SMILES string of the molecule is C.C.C.CCOC(=O)[C@H]1C2CCC(CC2)[C@@H]1n1cc(F)c2cnc(-c3c[nH]c4ncc(Cl)cc34)nc21.CSF.Cl.O=C(O)[C@H]1C2CCC(CC2)C1n1cc(F)c2cnc(-c3c[nH]c4ncc(Cl)cc34)nc21.O=C(O)[C@H]1C2CCC(CC2)[C@@H]1n1cc(F)c2cnc(-c3c[nH]c4ncc(Cl)cc34)nc21. The lowest BCUT2D eigenvalue weighted by Gasteiger charge is -2.47. The van der Waals surface area contributed by atoms with Crippen molar-refractivity contribution in [1.29, 1.82) is 0 Å². The number of fused-ring (bicyclic) bond motifs is 15. The molecule has 12 aromatic rings. The molecule has 9 fully saturated rings. The Morgan fingerprint density at radius 3 is 1.04 bits per heavy atom. The van der Waals surface area contributed by atoms with E-state index >= 15 is 4.39 Å². The zero-order valence-electron chi connectivity index (χ0n) is 53.1. The molecule has 0 radical (unpaired) electrons. The number of halogens is 8. The molecule has 102 heavy (non-hydrogen) atoms. The van der Waals surface area contributed by atoms with Crippen LogP contribution in [0.4, 0.5) is 17.1 Å². The number of hydrogen-bond donors (Lipinski definition) is 5. The number of nitrogens with zero attached hydrogens (tertiary/aromatic N) is 12. The third-order valence-electron chi connectivity index (χ3n) is 21.4. The summed E-state index contributed by atoms with van der Waals surface area (Å²) in [5.74, 6) is -1.95. The molecule has 21 rings (SSSR count). The summed E-state index contributed by atoms with van der Waals surface area (Å²) in [5, 5.41) is 24.7. The Balaban J connectivity index is 0.000000148. The van der Waals surface area contributed by atoms with Crippen molar-refractivity contribution in [3.63, 3.8) is 0 Å². The molecular formula is C72H77Cl4F4N15O6S. The van der Waals surface area contributed by atoms with Crippen molar-refractivity contribution in [2.75, 3.05) is 12.9 Å². The third-order valence-corrected chi connectivity index (χ3v) is 22.0. The lowest BCUT2D eigenvalue weighted by Crippen LogP contribution is -2.45. The maximum absolute atomic E-state index is 15.0. The molecule has 0 spiro atoms. The second-order valence-electron chi connectivity index (χ2n) is 26.4. The summed E-state index contributed by atoms with van der Waals surface area (Å²) in [6, 6.07) is 4.58. The van der Waals surface area contributed by atoms with E-state index in [1.807, 2.05) is 11.5 Å². The van der Waals surface area contributed by atoms with Gasteiger partial charge in [-0.3, -0.25) is 14.4 Å². The number of esters is 1. The van der Waals surface area contributed by atoms with E-state index in [1.165, 1.54) is 43.4 Å². The summed E-state index contributed by atoms with van der Waals surface area (Å²) in [6.07, 6.45) is 31.7. The zero-order chi connectivity index (χ0) is 67.9. The third kappa shape index (κ3) is 13.3. The minimum atomic E-state index is -0.812. The summed E-state index contributed by atoms with van der Waals surface area (Å²) in [7, 11) is 0. The number of ether oxygens (including phenoxy) is 1. The molecule has 0 saturated heterocycles. The number of carboxylic acids is 2.